The first-order valence-electron chi connectivity index (χ1n) is 13.2. The Morgan fingerprint density at radius 1 is 1.10 bits per heavy atom. The van der Waals surface area contributed by atoms with Crippen LogP contribution in [0.25, 0.3) is 11.3 Å². The Bertz CT molecular complexity index is 1310. The van der Waals surface area contributed by atoms with Crippen LogP contribution in [0.15, 0.2) is 48.8 Å². The van der Waals surface area contributed by atoms with Gasteiger partial charge in [-0.2, -0.15) is 23.4 Å². The molecule has 0 bridgehead atoms. The average molecular weight is 577 g/mol. The summed E-state index contributed by atoms with van der Waals surface area (Å²) in [6.07, 6.45) is -1.34. The van der Waals surface area contributed by atoms with E-state index in [0.29, 0.717) is 29.8 Å². The normalized spacial score (nSPS) is 13.4. The van der Waals surface area contributed by atoms with E-state index in [0.717, 1.165) is 17.0 Å². The van der Waals surface area contributed by atoms with Crippen molar-refractivity contribution in [2.24, 2.45) is 5.41 Å². The fraction of sp³-hybridized carbons (Fsp3) is 0.464. The number of unbranched alkanes of at least 4 members (excludes halogenated alkanes) is 1. The number of carboxylic acid groups (broad SMARTS) is 1. The number of carbonyl (C=O) groups excluding carboxylic acids is 2. The maximum Gasteiger partial charge on any atom is 0.416 e. The van der Waals surface area contributed by atoms with Gasteiger partial charge in [0.1, 0.15) is 6.04 Å². The molecule has 0 aliphatic heterocycles. The largest absolute Gasteiger partial charge is 0.465 e. The quantitative estimate of drug-likeness (QED) is 0.256. The standard InChI is InChI=1S/C28H35F3N6O4/c1-5-6-7-22(24(38)25(39)32-16-20-12-14-33-34-20)37(26(40)41)23(27(2,3)4)17-36-15-13-21(35-36)18-8-10-19(11-9-18)28(29,30)31/h8-15,22-23H,5-7,16-17H2,1-4H3,(H,32,39)(H,33,34)(H,40,41)/t22-,23?/m0/s1. The number of H-pyrrole nitrogens is 1. The van der Waals surface area contributed by atoms with Gasteiger partial charge in [0.05, 0.1) is 36.1 Å². The second-order valence-electron chi connectivity index (χ2n) is 10.9. The Labute approximate surface area is 235 Å². The fourth-order valence-corrected chi connectivity index (χ4v) is 4.48. The molecular formula is C28H35F3N6O4. The van der Waals surface area contributed by atoms with Gasteiger partial charge in [-0.25, -0.2) is 4.79 Å². The second kappa shape index (κ2) is 13.0. The van der Waals surface area contributed by atoms with Gasteiger partial charge in [0.25, 0.3) is 5.91 Å². The van der Waals surface area contributed by atoms with Crippen molar-refractivity contribution in [2.45, 2.75) is 78.3 Å². The van der Waals surface area contributed by atoms with Crippen LogP contribution in [0.2, 0.25) is 0 Å². The van der Waals surface area contributed by atoms with Crippen LogP contribution in [0.3, 0.4) is 0 Å². The summed E-state index contributed by atoms with van der Waals surface area (Å²) in [6.45, 7) is 7.45. The third kappa shape index (κ3) is 8.18. The van der Waals surface area contributed by atoms with Crippen LogP contribution in [0, 0.1) is 5.41 Å². The molecule has 41 heavy (non-hydrogen) atoms. The fourth-order valence-electron chi connectivity index (χ4n) is 4.48. The second-order valence-corrected chi connectivity index (χ2v) is 10.9. The summed E-state index contributed by atoms with van der Waals surface area (Å²) in [5.74, 6) is -1.76. The number of Topliss-reactive ketones (excluding diaryl/α,β-unsaturated/α-hetero) is 1. The van der Waals surface area contributed by atoms with Crippen molar-refractivity contribution in [3.63, 3.8) is 0 Å². The van der Waals surface area contributed by atoms with Gasteiger partial charge in [-0.1, -0.05) is 52.7 Å². The summed E-state index contributed by atoms with van der Waals surface area (Å²) in [7, 11) is 0. The van der Waals surface area contributed by atoms with E-state index >= 15 is 0 Å². The molecule has 1 unspecified atom stereocenters. The number of alkyl halides is 3. The summed E-state index contributed by atoms with van der Waals surface area (Å²) in [4.78, 5) is 40.0. The number of halogens is 3. The Hall–Kier alpha value is -4.16. The van der Waals surface area contributed by atoms with E-state index in [9.17, 15) is 32.7 Å². The van der Waals surface area contributed by atoms with E-state index in [4.69, 9.17) is 0 Å². The smallest absolute Gasteiger partial charge is 0.416 e. The number of ketones is 1. The van der Waals surface area contributed by atoms with Crippen LogP contribution in [0.5, 0.6) is 0 Å². The number of hydrogen-bond donors (Lipinski definition) is 3. The minimum atomic E-state index is -4.46. The van der Waals surface area contributed by atoms with Gasteiger partial charge in [-0.3, -0.25) is 24.3 Å². The summed E-state index contributed by atoms with van der Waals surface area (Å²) in [6, 6.07) is 5.83. The Balaban J connectivity index is 1.88. The molecule has 2 amide bonds. The van der Waals surface area contributed by atoms with Crippen molar-refractivity contribution in [1.29, 1.82) is 0 Å². The van der Waals surface area contributed by atoms with Crippen LogP contribution in [-0.2, 0) is 28.9 Å². The maximum atomic E-state index is 13.4. The van der Waals surface area contributed by atoms with Crippen LogP contribution in [0.1, 0.15) is 58.2 Å². The lowest BCUT2D eigenvalue weighted by molar-refractivity contribution is -0.142. The molecule has 3 N–H and O–H groups in total. The summed E-state index contributed by atoms with van der Waals surface area (Å²) < 4.78 is 40.4. The Kier molecular flexibility index (Phi) is 9.95. The highest BCUT2D eigenvalue weighted by molar-refractivity contribution is 6.38. The van der Waals surface area contributed by atoms with Crippen molar-refractivity contribution in [3.05, 3.63) is 60.0 Å². The van der Waals surface area contributed by atoms with Crippen molar-refractivity contribution in [2.75, 3.05) is 0 Å². The third-order valence-electron chi connectivity index (χ3n) is 6.76. The van der Waals surface area contributed by atoms with E-state index in [1.807, 2.05) is 27.7 Å². The van der Waals surface area contributed by atoms with Gasteiger partial charge in [0, 0.05) is 18.0 Å². The topological polar surface area (TPSA) is 133 Å². The molecule has 0 spiro atoms. The van der Waals surface area contributed by atoms with Crippen LogP contribution in [0.4, 0.5) is 18.0 Å². The van der Waals surface area contributed by atoms with E-state index in [2.05, 4.69) is 20.6 Å². The minimum Gasteiger partial charge on any atom is -0.465 e. The molecule has 2 atom stereocenters. The van der Waals surface area contributed by atoms with Gasteiger partial charge in [0.15, 0.2) is 0 Å². The summed E-state index contributed by atoms with van der Waals surface area (Å²) in [5.41, 5.74) is -0.00623. The lowest BCUT2D eigenvalue weighted by atomic mass is 9.84. The Morgan fingerprint density at radius 2 is 1.78 bits per heavy atom. The first-order chi connectivity index (χ1) is 19.2. The molecule has 0 aliphatic rings. The molecule has 13 heteroatoms. The molecule has 2 heterocycles. The van der Waals surface area contributed by atoms with Gasteiger partial charge >= 0.3 is 12.3 Å². The van der Waals surface area contributed by atoms with Crippen molar-refractivity contribution < 1.29 is 32.7 Å². The summed E-state index contributed by atoms with van der Waals surface area (Å²) in [5, 5.41) is 23.8. The van der Waals surface area contributed by atoms with Crippen molar-refractivity contribution >= 4 is 17.8 Å². The molecule has 222 valence electrons. The maximum absolute atomic E-state index is 13.4. The molecule has 0 radical (unpaired) electrons. The lowest BCUT2D eigenvalue weighted by Gasteiger charge is -2.42. The van der Waals surface area contributed by atoms with E-state index < -0.39 is 47.0 Å². The number of aromatic nitrogens is 4. The van der Waals surface area contributed by atoms with Gasteiger partial charge in [0.2, 0.25) is 5.78 Å². The number of aromatic amines is 1. The van der Waals surface area contributed by atoms with E-state index in [-0.39, 0.29) is 19.5 Å². The SMILES string of the molecule is CCCC[C@@H](C(=O)C(=O)NCc1ccn[nH]1)N(C(=O)O)C(Cn1ccc(-c2ccc(C(F)(F)F)cc2)n1)C(C)(C)C. The summed E-state index contributed by atoms with van der Waals surface area (Å²) >= 11 is 0. The molecule has 1 aromatic carbocycles. The highest BCUT2D eigenvalue weighted by Crippen LogP contribution is 2.32. The van der Waals surface area contributed by atoms with E-state index in [1.54, 1.807) is 18.3 Å². The molecule has 0 fully saturated rings. The first kappa shape index (κ1) is 31.4. The van der Waals surface area contributed by atoms with Gasteiger partial charge in [-0.05, 0) is 36.1 Å². The number of rotatable bonds is 12. The lowest BCUT2D eigenvalue weighted by Crippen LogP contribution is -2.58. The number of nitrogens with one attached hydrogen (secondary N) is 2. The zero-order valence-corrected chi connectivity index (χ0v) is 23.4. The number of carbonyl (C=O) groups is 3. The zero-order chi connectivity index (χ0) is 30.4. The molecule has 0 aliphatic carbocycles. The first-order valence-corrected chi connectivity index (χ1v) is 13.2. The van der Waals surface area contributed by atoms with Crippen molar-refractivity contribution in [1.82, 2.24) is 30.2 Å². The zero-order valence-electron chi connectivity index (χ0n) is 23.4. The molecule has 0 saturated carbocycles. The highest BCUT2D eigenvalue weighted by atomic mass is 19.4. The predicted octanol–water partition coefficient (Wildman–Crippen LogP) is 5.13. The van der Waals surface area contributed by atoms with Crippen LogP contribution < -0.4 is 5.32 Å². The van der Waals surface area contributed by atoms with Crippen LogP contribution in [-0.4, -0.2) is 59.9 Å². The van der Waals surface area contributed by atoms with E-state index in [1.165, 1.54) is 23.0 Å². The Morgan fingerprint density at radius 3 is 2.32 bits per heavy atom. The molecule has 3 rings (SSSR count). The highest BCUT2D eigenvalue weighted by Gasteiger charge is 2.42. The minimum absolute atomic E-state index is 0.0286. The number of benzene rings is 1. The number of amides is 2. The molecule has 0 saturated heterocycles. The van der Waals surface area contributed by atoms with Crippen molar-refractivity contribution in [3.8, 4) is 11.3 Å². The van der Waals surface area contributed by atoms with Crippen LogP contribution >= 0.6 is 0 Å². The number of nitrogens with zero attached hydrogens (tertiary/aromatic N) is 4. The molecule has 10 nitrogen and oxygen atoms in total. The predicted molar refractivity (Wildman–Crippen MR) is 145 cm³/mol. The third-order valence-corrected chi connectivity index (χ3v) is 6.76. The molecular weight excluding hydrogens is 541 g/mol. The van der Waals surface area contributed by atoms with Gasteiger partial charge in [-0.15, -0.1) is 0 Å². The monoisotopic (exact) mass is 576 g/mol. The van der Waals surface area contributed by atoms with Gasteiger partial charge < -0.3 is 10.4 Å². The number of hydrogen-bond acceptors (Lipinski definition) is 5. The molecule has 2 aromatic heterocycles. The average Bonchev–Trinajstić information content (AvgIpc) is 3.59. The molecule has 3 aromatic rings.